The van der Waals surface area contributed by atoms with Crippen molar-refractivity contribution in [2.24, 2.45) is 5.41 Å². The Morgan fingerprint density at radius 3 is 1.93 bits per heavy atom. The van der Waals surface area contributed by atoms with Crippen LogP contribution in [0.2, 0.25) is 0 Å². The summed E-state index contributed by atoms with van der Waals surface area (Å²) in [5, 5.41) is 3.02. The molecule has 40 heavy (non-hydrogen) atoms. The number of hydrogen-bond donors (Lipinski definition) is 1. The number of rotatable bonds is 15. The van der Waals surface area contributed by atoms with Crippen molar-refractivity contribution in [2.45, 2.75) is 98.8 Å². The highest BCUT2D eigenvalue weighted by atomic mass is 16.7. The molecule has 0 aliphatic rings. The van der Waals surface area contributed by atoms with Crippen molar-refractivity contribution in [1.29, 1.82) is 0 Å². The summed E-state index contributed by atoms with van der Waals surface area (Å²) in [6.45, 7) is 12.9. The van der Waals surface area contributed by atoms with Gasteiger partial charge in [-0.3, -0.25) is 9.59 Å². The van der Waals surface area contributed by atoms with Gasteiger partial charge in [0, 0.05) is 6.54 Å². The molecular weight excluding hydrogens is 522 g/mol. The Labute approximate surface area is 237 Å². The molecule has 0 aliphatic carbocycles. The van der Waals surface area contributed by atoms with Crippen LogP contribution in [0, 0.1) is 5.41 Å². The van der Waals surface area contributed by atoms with E-state index in [1.165, 1.54) is 19.2 Å². The van der Waals surface area contributed by atoms with Crippen LogP contribution in [0.5, 0.6) is 11.5 Å². The fraction of sp³-hybridized carbons (Fsp3) is 0.655. The molecule has 3 atom stereocenters. The molecule has 0 aliphatic heterocycles. The summed E-state index contributed by atoms with van der Waals surface area (Å²) in [6.07, 6.45) is 0.472. The van der Waals surface area contributed by atoms with Crippen molar-refractivity contribution in [1.82, 2.24) is 5.32 Å². The lowest BCUT2D eigenvalue weighted by atomic mass is 9.97. The highest BCUT2D eigenvalue weighted by Gasteiger charge is 2.25. The van der Waals surface area contributed by atoms with Crippen LogP contribution < -0.4 is 14.8 Å². The van der Waals surface area contributed by atoms with Gasteiger partial charge in [-0.05, 0) is 71.6 Å². The largest absolute Gasteiger partial charge is 0.514 e. The van der Waals surface area contributed by atoms with Crippen LogP contribution in [0.15, 0.2) is 18.2 Å². The minimum Gasteiger partial charge on any atom is -0.468 e. The number of esters is 2. The van der Waals surface area contributed by atoms with E-state index in [1.54, 1.807) is 40.7 Å². The van der Waals surface area contributed by atoms with Gasteiger partial charge in [0.1, 0.15) is 24.9 Å². The maximum atomic E-state index is 12.4. The minimum atomic E-state index is -0.959. The summed E-state index contributed by atoms with van der Waals surface area (Å²) < 4.78 is 31.4. The van der Waals surface area contributed by atoms with Crippen molar-refractivity contribution < 1.29 is 47.6 Å². The lowest BCUT2D eigenvalue weighted by molar-refractivity contribution is -0.152. The van der Waals surface area contributed by atoms with Gasteiger partial charge in [0.05, 0.1) is 12.5 Å². The van der Waals surface area contributed by atoms with Crippen molar-refractivity contribution >= 4 is 24.2 Å². The monoisotopic (exact) mass is 567 g/mol. The van der Waals surface area contributed by atoms with Gasteiger partial charge in [-0.2, -0.15) is 0 Å². The molecule has 0 spiro atoms. The molecule has 0 fully saturated rings. The van der Waals surface area contributed by atoms with Crippen LogP contribution >= 0.6 is 0 Å². The third kappa shape index (κ3) is 13.1. The fourth-order valence-corrected chi connectivity index (χ4v) is 3.54. The number of carbonyl (C=O) groups excluding carboxylic acids is 4. The molecule has 11 nitrogen and oxygen atoms in total. The molecule has 1 rings (SSSR count). The normalized spacial score (nSPS) is 13.4. The van der Waals surface area contributed by atoms with E-state index in [1.807, 2.05) is 13.8 Å². The van der Waals surface area contributed by atoms with Crippen molar-refractivity contribution in [3.8, 4) is 11.5 Å². The molecule has 0 saturated heterocycles. The van der Waals surface area contributed by atoms with E-state index in [0.717, 1.165) is 12.8 Å². The molecule has 1 aromatic rings. The predicted octanol–water partition coefficient (Wildman–Crippen LogP) is 5.36. The van der Waals surface area contributed by atoms with E-state index in [9.17, 15) is 19.2 Å². The van der Waals surface area contributed by atoms with E-state index in [-0.39, 0.29) is 49.2 Å². The molecule has 0 amide bonds. The number of benzene rings is 1. The van der Waals surface area contributed by atoms with E-state index >= 15 is 0 Å². The topological polar surface area (TPSA) is 136 Å². The second-order valence-electron chi connectivity index (χ2n) is 10.5. The molecule has 1 N–H and O–H groups in total. The second-order valence-corrected chi connectivity index (χ2v) is 10.5. The Morgan fingerprint density at radius 1 is 0.875 bits per heavy atom. The minimum absolute atomic E-state index is 0.0470. The Bertz CT molecular complexity index is 972. The van der Waals surface area contributed by atoms with Gasteiger partial charge in [-0.1, -0.05) is 32.8 Å². The Hall–Kier alpha value is -3.34. The molecule has 0 heterocycles. The number of methoxy groups -OCH3 is 1. The zero-order valence-electron chi connectivity index (χ0n) is 25.0. The highest BCUT2D eigenvalue weighted by molar-refractivity contribution is 5.76. The number of ether oxygens (including phenoxy) is 6. The third-order valence-corrected chi connectivity index (χ3v) is 5.64. The summed E-state index contributed by atoms with van der Waals surface area (Å²) in [7, 11) is 1.26. The van der Waals surface area contributed by atoms with E-state index in [0.29, 0.717) is 18.4 Å². The zero-order chi connectivity index (χ0) is 30.3. The van der Waals surface area contributed by atoms with Gasteiger partial charge >= 0.3 is 24.2 Å². The number of carbonyl (C=O) groups is 4. The maximum absolute atomic E-state index is 12.4. The third-order valence-electron chi connectivity index (χ3n) is 5.64. The van der Waals surface area contributed by atoms with Crippen LogP contribution in [0.3, 0.4) is 0 Å². The standard InChI is InChI=1S/C29H45NO10/c1-9-11-19(3)37-27(33)39-23-14-13-21(18-24(23)40-28(34)38-20(4)12-10-2)17-22(25(31)35-8)30-15-16-36-26(32)29(5,6)7/h13-14,18-20,22,30H,9-12,15-17H2,1-8H3/t19?,20?,22-/m0/s1. The molecule has 1 aromatic carbocycles. The number of nitrogens with one attached hydrogen (secondary N) is 1. The van der Waals surface area contributed by atoms with Crippen molar-refractivity contribution in [2.75, 3.05) is 20.3 Å². The van der Waals surface area contributed by atoms with Crippen LogP contribution in [-0.2, 0) is 35.0 Å². The molecule has 0 saturated carbocycles. The average molecular weight is 568 g/mol. The lowest BCUT2D eigenvalue weighted by Gasteiger charge is -2.20. The van der Waals surface area contributed by atoms with Crippen LogP contribution in [0.1, 0.15) is 79.7 Å². The first-order valence-corrected chi connectivity index (χ1v) is 13.7. The first kappa shape index (κ1) is 34.7. The van der Waals surface area contributed by atoms with Gasteiger partial charge < -0.3 is 33.7 Å². The van der Waals surface area contributed by atoms with Gasteiger partial charge in [0.2, 0.25) is 0 Å². The zero-order valence-corrected chi connectivity index (χ0v) is 25.0. The predicted molar refractivity (Wildman–Crippen MR) is 147 cm³/mol. The van der Waals surface area contributed by atoms with Gasteiger partial charge in [-0.15, -0.1) is 0 Å². The average Bonchev–Trinajstić information content (AvgIpc) is 2.86. The molecule has 11 heteroatoms. The van der Waals surface area contributed by atoms with Gasteiger partial charge in [0.25, 0.3) is 0 Å². The van der Waals surface area contributed by atoms with Crippen LogP contribution in [0.25, 0.3) is 0 Å². The Kier molecular flexibility index (Phi) is 15.1. The van der Waals surface area contributed by atoms with Crippen molar-refractivity contribution in [3.05, 3.63) is 23.8 Å². The SMILES string of the molecule is CCCC(C)OC(=O)Oc1ccc(C[C@H](NCCOC(=O)C(C)(C)C)C(=O)OC)cc1OC(=O)OC(C)CCC. The Balaban J connectivity index is 3.07. The molecule has 2 unspecified atom stereocenters. The molecule has 226 valence electrons. The smallest absolute Gasteiger partial charge is 0.468 e. The molecule has 0 aromatic heterocycles. The highest BCUT2D eigenvalue weighted by Crippen LogP contribution is 2.30. The summed E-state index contributed by atoms with van der Waals surface area (Å²) in [4.78, 5) is 49.2. The summed E-state index contributed by atoms with van der Waals surface area (Å²) >= 11 is 0. The Morgan fingerprint density at radius 2 is 1.43 bits per heavy atom. The van der Waals surface area contributed by atoms with Crippen molar-refractivity contribution in [3.63, 3.8) is 0 Å². The van der Waals surface area contributed by atoms with Gasteiger partial charge in [-0.25, -0.2) is 9.59 Å². The first-order valence-electron chi connectivity index (χ1n) is 13.7. The summed E-state index contributed by atoms with van der Waals surface area (Å²) in [5.41, 5.74) is -0.0724. The maximum Gasteiger partial charge on any atom is 0.514 e. The molecular formula is C29H45NO10. The first-order chi connectivity index (χ1) is 18.8. The second kappa shape index (κ2) is 17.4. The summed E-state index contributed by atoms with van der Waals surface area (Å²) in [6, 6.07) is 3.74. The van der Waals surface area contributed by atoms with Crippen LogP contribution in [0.4, 0.5) is 9.59 Å². The van der Waals surface area contributed by atoms with Crippen LogP contribution in [-0.4, -0.2) is 62.8 Å². The molecule has 0 radical (unpaired) electrons. The number of hydrogen-bond acceptors (Lipinski definition) is 11. The van der Waals surface area contributed by atoms with E-state index in [2.05, 4.69) is 5.32 Å². The summed E-state index contributed by atoms with van der Waals surface area (Å²) in [5.74, 6) is -1.02. The fourth-order valence-electron chi connectivity index (χ4n) is 3.54. The quantitative estimate of drug-likeness (QED) is 0.127. The lowest BCUT2D eigenvalue weighted by Crippen LogP contribution is -2.41. The van der Waals surface area contributed by atoms with Gasteiger partial charge in [0.15, 0.2) is 11.5 Å². The molecule has 0 bridgehead atoms. The van der Waals surface area contributed by atoms with E-state index in [4.69, 9.17) is 28.4 Å². The van der Waals surface area contributed by atoms with E-state index < -0.39 is 29.7 Å².